The first-order valence-corrected chi connectivity index (χ1v) is 8.76. The second kappa shape index (κ2) is 7.47. The molecule has 3 rings (SSSR count). The third-order valence-corrected chi connectivity index (χ3v) is 4.38. The van der Waals surface area contributed by atoms with Gasteiger partial charge < -0.3 is 9.88 Å². The fraction of sp³-hybridized carbons (Fsp3) is 0.350. The number of hydrogen-bond donors (Lipinski definition) is 1. The average Bonchev–Trinajstić information content (AvgIpc) is 3.06. The fourth-order valence-electron chi connectivity index (χ4n) is 2.84. The number of aromatic amines is 1. The standard InChI is InChI=1S/C20H24N4O/c1-4-24(12-9-15-7-10-21-11-8-15)20(25)16-5-6-17-18(13-16)23-19(22-17)14(2)3/h5-8,10-11,13-14H,4,9,12H2,1-3H3,(H,22,23). The van der Waals surface area contributed by atoms with Gasteiger partial charge in [-0.2, -0.15) is 0 Å². The molecule has 0 spiro atoms. The predicted octanol–water partition coefficient (Wildman–Crippen LogP) is 3.79. The molecule has 0 saturated heterocycles. The minimum atomic E-state index is 0.0548. The normalized spacial score (nSPS) is 11.2. The molecule has 3 aromatic rings. The minimum Gasteiger partial charge on any atom is -0.342 e. The van der Waals surface area contributed by atoms with E-state index in [9.17, 15) is 4.79 Å². The molecule has 0 aliphatic carbocycles. The van der Waals surface area contributed by atoms with Crippen LogP contribution >= 0.6 is 0 Å². The first kappa shape index (κ1) is 17.1. The predicted molar refractivity (Wildman–Crippen MR) is 99.7 cm³/mol. The topological polar surface area (TPSA) is 61.9 Å². The molecule has 0 aliphatic heterocycles. The van der Waals surface area contributed by atoms with Crippen molar-refractivity contribution in [3.8, 4) is 0 Å². The van der Waals surface area contributed by atoms with Gasteiger partial charge in [-0.25, -0.2) is 4.98 Å². The van der Waals surface area contributed by atoms with E-state index in [2.05, 4.69) is 28.8 Å². The van der Waals surface area contributed by atoms with E-state index in [1.54, 1.807) is 12.4 Å². The van der Waals surface area contributed by atoms with Gasteiger partial charge in [0, 0.05) is 37.0 Å². The number of fused-ring (bicyclic) bond motifs is 1. The van der Waals surface area contributed by atoms with Crippen LogP contribution in [0.25, 0.3) is 11.0 Å². The van der Waals surface area contributed by atoms with Crippen LogP contribution in [0.4, 0.5) is 0 Å². The highest BCUT2D eigenvalue weighted by Crippen LogP contribution is 2.19. The van der Waals surface area contributed by atoms with Gasteiger partial charge in [-0.05, 0) is 49.2 Å². The molecule has 0 radical (unpaired) electrons. The second-order valence-electron chi connectivity index (χ2n) is 6.50. The summed E-state index contributed by atoms with van der Waals surface area (Å²) in [6, 6.07) is 9.67. The summed E-state index contributed by atoms with van der Waals surface area (Å²) in [7, 11) is 0. The third-order valence-electron chi connectivity index (χ3n) is 4.38. The van der Waals surface area contributed by atoms with Crippen LogP contribution in [0.5, 0.6) is 0 Å². The van der Waals surface area contributed by atoms with Crippen molar-refractivity contribution in [1.29, 1.82) is 0 Å². The number of nitrogens with zero attached hydrogens (tertiary/aromatic N) is 3. The number of H-pyrrole nitrogens is 1. The number of nitrogens with one attached hydrogen (secondary N) is 1. The van der Waals surface area contributed by atoms with E-state index in [-0.39, 0.29) is 5.91 Å². The van der Waals surface area contributed by atoms with Crippen LogP contribution in [0.3, 0.4) is 0 Å². The molecule has 0 bridgehead atoms. The van der Waals surface area contributed by atoms with Crippen LogP contribution in [0.2, 0.25) is 0 Å². The zero-order valence-electron chi connectivity index (χ0n) is 15.0. The largest absolute Gasteiger partial charge is 0.342 e. The maximum Gasteiger partial charge on any atom is 0.253 e. The Bertz CT molecular complexity index is 855. The number of carbonyl (C=O) groups is 1. The summed E-state index contributed by atoms with van der Waals surface area (Å²) in [5.41, 5.74) is 3.70. The molecule has 1 amide bonds. The number of carbonyl (C=O) groups excluding carboxylic acids is 1. The number of aromatic nitrogens is 3. The maximum absolute atomic E-state index is 12.9. The summed E-state index contributed by atoms with van der Waals surface area (Å²) in [4.78, 5) is 26.6. The summed E-state index contributed by atoms with van der Waals surface area (Å²) in [5.74, 6) is 1.34. The van der Waals surface area contributed by atoms with Crippen molar-refractivity contribution < 1.29 is 4.79 Å². The van der Waals surface area contributed by atoms with Crippen LogP contribution in [-0.4, -0.2) is 38.8 Å². The molecule has 0 saturated carbocycles. The van der Waals surface area contributed by atoms with Crippen LogP contribution in [0.1, 0.15) is 48.4 Å². The quantitative estimate of drug-likeness (QED) is 0.745. The Morgan fingerprint density at radius 2 is 1.96 bits per heavy atom. The lowest BCUT2D eigenvalue weighted by molar-refractivity contribution is 0.0766. The Kier molecular flexibility index (Phi) is 5.12. The number of imidazole rings is 1. The minimum absolute atomic E-state index is 0.0548. The molecule has 0 aliphatic rings. The second-order valence-corrected chi connectivity index (χ2v) is 6.50. The van der Waals surface area contributed by atoms with Crippen molar-refractivity contribution in [3.05, 3.63) is 59.7 Å². The molecule has 5 nitrogen and oxygen atoms in total. The first-order valence-electron chi connectivity index (χ1n) is 8.76. The molecule has 130 valence electrons. The molecule has 0 atom stereocenters. The number of rotatable bonds is 6. The number of pyridine rings is 1. The van der Waals surface area contributed by atoms with Gasteiger partial charge in [-0.3, -0.25) is 9.78 Å². The lowest BCUT2D eigenvalue weighted by atomic mass is 10.1. The van der Waals surface area contributed by atoms with Crippen LogP contribution in [-0.2, 0) is 6.42 Å². The van der Waals surface area contributed by atoms with Gasteiger partial charge in [0.2, 0.25) is 0 Å². The van der Waals surface area contributed by atoms with Gasteiger partial charge in [0.1, 0.15) is 5.82 Å². The smallest absolute Gasteiger partial charge is 0.253 e. The van der Waals surface area contributed by atoms with Gasteiger partial charge in [-0.15, -0.1) is 0 Å². The Balaban J connectivity index is 1.76. The van der Waals surface area contributed by atoms with Crippen LogP contribution in [0.15, 0.2) is 42.7 Å². The molecular formula is C20H24N4O. The first-order chi connectivity index (χ1) is 12.1. The molecule has 0 fully saturated rings. The lowest BCUT2D eigenvalue weighted by Crippen LogP contribution is -2.32. The SMILES string of the molecule is CCN(CCc1ccncc1)C(=O)c1ccc2nc(C(C)C)[nH]c2c1. The van der Waals surface area contributed by atoms with E-state index in [1.807, 2.05) is 42.2 Å². The highest BCUT2D eigenvalue weighted by atomic mass is 16.2. The number of likely N-dealkylation sites (N-methyl/N-ethyl adjacent to an activating group) is 1. The molecule has 1 N–H and O–H groups in total. The Hall–Kier alpha value is -2.69. The summed E-state index contributed by atoms with van der Waals surface area (Å²) in [6.45, 7) is 7.58. The van der Waals surface area contributed by atoms with Gasteiger partial charge in [0.15, 0.2) is 0 Å². The number of hydrogen-bond acceptors (Lipinski definition) is 3. The Labute approximate surface area is 148 Å². The van der Waals surface area contributed by atoms with E-state index in [4.69, 9.17) is 0 Å². The molecule has 5 heteroatoms. The number of benzene rings is 1. The summed E-state index contributed by atoms with van der Waals surface area (Å²) in [6.07, 6.45) is 4.39. The third kappa shape index (κ3) is 3.87. The number of amides is 1. The van der Waals surface area contributed by atoms with Gasteiger partial charge in [0.25, 0.3) is 5.91 Å². The molecular weight excluding hydrogens is 312 g/mol. The van der Waals surface area contributed by atoms with Crippen molar-refractivity contribution in [1.82, 2.24) is 19.9 Å². The zero-order chi connectivity index (χ0) is 17.8. The molecule has 2 heterocycles. The van der Waals surface area contributed by atoms with Gasteiger partial charge in [0.05, 0.1) is 11.0 Å². The van der Waals surface area contributed by atoms with E-state index < -0.39 is 0 Å². The van der Waals surface area contributed by atoms with Crippen molar-refractivity contribution in [3.63, 3.8) is 0 Å². The van der Waals surface area contributed by atoms with Crippen molar-refractivity contribution in [2.24, 2.45) is 0 Å². The van der Waals surface area contributed by atoms with Crippen LogP contribution < -0.4 is 0 Å². The van der Waals surface area contributed by atoms with E-state index >= 15 is 0 Å². The molecule has 0 unspecified atom stereocenters. The monoisotopic (exact) mass is 336 g/mol. The Morgan fingerprint density at radius 1 is 1.20 bits per heavy atom. The average molecular weight is 336 g/mol. The van der Waals surface area contributed by atoms with Crippen molar-refractivity contribution in [2.45, 2.75) is 33.1 Å². The van der Waals surface area contributed by atoms with Crippen molar-refractivity contribution in [2.75, 3.05) is 13.1 Å². The summed E-state index contributed by atoms with van der Waals surface area (Å²) < 4.78 is 0. The Morgan fingerprint density at radius 3 is 2.64 bits per heavy atom. The fourth-order valence-corrected chi connectivity index (χ4v) is 2.84. The molecule has 1 aromatic carbocycles. The van der Waals surface area contributed by atoms with E-state index in [0.717, 1.165) is 23.3 Å². The molecule has 2 aromatic heterocycles. The highest BCUT2D eigenvalue weighted by molar-refractivity contribution is 5.97. The van der Waals surface area contributed by atoms with E-state index in [0.29, 0.717) is 24.6 Å². The van der Waals surface area contributed by atoms with Crippen LogP contribution in [0, 0.1) is 0 Å². The zero-order valence-corrected chi connectivity index (χ0v) is 15.0. The highest BCUT2D eigenvalue weighted by Gasteiger charge is 2.16. The lowest BCUT2D eigenvalue weighted by Gasteiger charge is -2.21. The summed E-state index contributed by atoms with van der Waals surface area (Å²) >= 11 is 0. The summed E-state index contributed by atoms with van der Waals surface area (Å²) in [5, 5.41) is 0. The maximum atomic E-state index is 12.9. The van der Waals surface area contributed by atoms with E-state index in [1.165, 1.54) is 5.56 Å². The van der Waals surface area contributed by atoms with Crippen molar-refractivity contribution >= 4 is 16.9 Å². The van der Waals surface area contributed by atoms with Gasteiger partial charge in [-0.1, -0.05) is 13.8 Å². The molecule has 25 heavy (non-hydrogen) atoms. The van der Waals surface area contributed by atoms with Gasteiger partial charge >= 0.3 is 0 Å².